The van der Waals surface area contributed by atoms with Gasteiger partial charge in [0.15, 0.2) is 0 Å². The van der Waals surface area contributed by atoms with E-state index in [1.54, 1.807) is 12.4 Å². The summed E-state index contributed by atoms with van der Waals surface area (Å²) in [6.45, 7) is 9.15. The Kier molecular flexibility index (Phi) is 6.77. The van der Waals surface area contributed by atoms with Crippen molar-refractivity contribution in [2.24, 2.45) is 5.41 Å². The molecule has 5 rings (SSSR count). The number of imidazole rings is 1. The second kappa shape index (κ2) is 9.97. The van der Waals surface area contributed by atoms with E-state index in [1.165, 1.54) is 16.8 Å². The van der Waals surface area contributed by atoms with Gasteiger partial charge in [0.2, 0.25) is 11.9 Å². The Hall–Kier alpha value is -2.94. The van der Waals surface area contributed by atoms with Gasteiger partial charge in [-0.2, -0.15) is 0 Å². The molecular formula is C26H31ClN6O2. The van der Waals surface area contributed by atoms with Crippen LogP contribution in [-0.2, 0) is 16.1 Å². The van der Waals surface area contributed by atoms with Crippen LogP contribution in [0, 0.1) is 12.3 Å². The molecule has 4 heterocycles. The first-order valence-corrected chi connectivity index (χ1v) is 12.4. The number of aromatic nitrogens is 3. The lowest BCUT2D eigenvalue weighted by molar-refractivity contribution is -0.124. The van der Waals surface area contributed by atoms with E-state index < -0.39 is 5.41 Å². The van der Waals surface area contributed by atoms with Crippen LogP contribution in [0.2, 0.25) is 5.02 Å². The van der Waals surface area contributed by atoms with Crippen LogP contribution in [0.25, 0.3) is 0 Å². The van der Waals surface area contributed by atoms with Crippen molar-refractivity contribution >= 4 is 29.1 Å². The lowest BCUT2D eigenvalue weighted by atomic mass is 9.77. The average molecular weight is 495 g/mol. The largest absolute Gasteiger partial charge is 0.378 e. The van der Waals surface area contributed by atoms with Crippen molar-refractivity contribution in [2.75, 3.05) is 49.6 Å². The van der Waals surface area contributed by atoms with Gasteiger partial charge in [-0.1, -0.05) is 23.7 Å². The molecule has 2 unspecified atom stereocenters. The molecule has 0 saturated carbocycles. The number of hydrogen-bond donors (Lipinski definition) is 2. The second-order valence-corrected chi connectivity index (χ2v) is 10.0. The summed E-state index contributed by atoms with van der Waals surface area (Å²) in [4.78, 5) is 24.9. The van der Waals surface area contributed by atoms with Gasteiger partial charge in [-0.25, -0.2) is 4.98 Å². The normalized spacial score (nSPS) is 22.4. The summed E-state index contributed by atoms with van der Waals surface area (Å²) in [6, 6.07) is 10.2. The van der Waals surface area contributed by atoms with Crippen LogP contribution < -0.4 is 15.5 Å². The van der Waals surface area contributed by atoms with Gasteiger partial charge in [0.25, 0.3) is 0 Å². The van der Waals surface area contributed by atoms with E-state index in [4.69, 9.17) is 16.3 Å². The zero-order valence-electron chi connectivity index (χ0n) is 20.1. The van der Waals surface area contributed by atoms with Gasteiger partial charge in [0, 0.05) is 62.1 Å². The maximum Gasteiger partial charge on any atom is 0.234 e. The van der Waals surface area contributed by atoms with Gasteiger partial charge >= 0.3 is 0 Å². The molecule has 2 N–H and O–H groups in total. The molecule has 2 saturated heterocycles. The number of pyridine rings is 1. The fourth-order valence-electron chi connectivity index (χ4n) is 4.98. The first kappa shape index (κ1) is 23.8. The number of carbonyl (C=O) groups excluding carboxylic acids is 1. The van der Waals surface area contributed by atoms with Crippen molar-refractivity contribution in [3.8, 4) is 0 Å². The Morgan fingerprint density at radius 3 is 2.86 bits per heavy atom. The van der Waals surface area contributed by atoms with Crippen molar-refractivity contribution in [2.45, 2.75) is 26.3 Å². The van der Waals surface area contributed by atoms with Crippen LogP contribution in [0.3, 0.4) is 0 Å². The van der Waals surface area contributed by atoms with E-state index in [0.29, 0.717) is 30.6 Å². The molecular weight excluding hydrogens is 464 g/mol. The molecule has 0 bridgehead atoms. The van der Waals surface area contributed by atoms with Crippen molar-refractivity contribution in [1.29, 1.82) is 0 Å². The monoisotopic (exact) mass is 494 g/mol. The molecule has 0 aliphatic carbocycles. The van der Waals surface area contributed by atoms with Gasteiger partial charge in [-0.05, 0) is 43.2 Å². The maximum atomic E-state index is 13.6. The number of aryl methyl sites for hydroxylation is 1. The van der Waals surface area contributed by atoms with Gasteiger partial charge in [0.05, 0.1) is 30.2 Å². The molecule has 1 amide bonds. The number of halogens is 1. The number of nitrogens with zero attached hydrogens (tertiary/aromatic N) is 4. The van der Waals surface area contributed by atoms with Crippen LogP contribution in [0.5, 0.6) is 0 Å². The Bertz CT molecular complexity index is 1190. The summed E-state index contributed by atoms with van der Waals surface area (Å²) >= 11 is 6.02. The van der Waals surface area contributed by atoms with Crippen molar-refractivity contribution < 1.29 is 9.53 Å². The van der Waals surface area contributed by atoms with E-state index >= 15 is 0 Å². The van der Waals surface area contributed by atoms with E-state index in [9.17, 15) is 4.79 Å². The summed E-state index contributed by atoms with van der Waals surface area (Å²) in [5.74, 6) is 0.404. The Morgan fingerprint density at radius 2 is 2.09 bits per heavy atom. The van der Waals surface area contributed by atoms with E-state index in [-0.39, 0.29) is 11.8 Å². The van der Waals surface area contributed by atoms with Gasteiger partial charge in [-0.15, -0.1) is 0 Å². The number of hydrogen-bond acceptors (Lipinski definition) is 6. The minimum atomic E-state index is -0.666. The third-order valence-electron chi connectivity index (χ3n) is 7.11. The summed E-state index contributed by atoms with van der Waals surface area (Å²) < 4.78 is 7.54. The highest BCUT2D eigenvalue weighted by Crippen LogP contribution is 2.39. The molecule has 3 aromatic rings. The zero-order valence-corrected chi connectivity index (χ0v) is 20.9. The van der Waals surface area contributed by atoms with Crippen LogP contribution in [0.15, 0.2) is 48.9 Å². The second-order valence-electron chi connectivity index (χ2n) is 9.57. The van der Waals surface area contributed by atoms with Crippen molar-refractivity contribution in [3.05, 3.63) is 70.8 Å². The molecule has 2 aliphatic heterocycles. The van der Waals surface area contributed by atoms with Crippen molar-refractivity contribution in [1.82, 2.24) is 19.9 Å². The van der Waals surface area contributed by atoms with Crippen LogP contribution in [0.1, 0.15) is 29.7 Å². The Balaban J connectivity index is 1.36. The number of nitrogens with one attached hydrogen (secondary N) is 2. The highest BCUT2D eigenvalue weighted by Gasteiger charge is 2.46. The standard InChI is InChI=1S/C26H31ClN6O2/c1-18-3-4-19(23(13-18)32-9-11-35-12-10-32)16-33-8-7-29-25(33)31-24(34)26(2)17-28-15-21(26)22-6-5-20(27)14-30-22/h3-8,13-14,21,28H,9-12,15-17H2,1-2H3,(H,29,31,34). The third-order valence-corrected chi connectivity index (χ3v) is 7.33. The van der Waals surface area contributed by atoms with Gasteiger partial charge in [0.1, 0.15) is 0 Å². The topological polar surface area (TPSA) is 84.3 Å². The number of rotatable bonds is 6. The average Bonchev–Trinajstić information content (AvgIpc) is 3.48. The predicted molar refractivity (Wildman–Crippen MR) is 137 cm³/mol. The molecule has 1 aromatic carbocycles. The maximum absolute atomic E-state index is 13.6. The molecule has 2 fully saturated rings. The number of amides is 1. The molecule has 184 valence electrons. The molecule has 2 aromatic heterocycles. The third kappa shape index (κ3) is 4.91. The smallest absolute Gasteiger partial charge is 0.234 e. The first-order valence-electron chi connectivity index (χ1n) is 12.0. The molecule has 0 radical (unpaired) electrons. The fraction of sp³-hybridized carbons (Fsp3) is 0.423. The predicted octanol–water partition coefficient (Wildman–Crippen LogP) is 3.46. The lowest BCUT2D eigenvalue weighted by Gasteiger charge is -2.31. The number of anilines is 2. The number of carbonyl (C=O) groups is 1. The van der Waals surface area contributed by atoms with E-state index in [0.717, 1.165) is 32.0 Å². The Labute approximate surface area is 210 Å². The van der Waals surface area contributed by atoms with Gasteiger partial charge < -0.3 is 19.5 Å². The first-order chi connectivity index (χ1) is 16.9. The molecule has 9 heteroatoms. The molecule has 0 spiro atoms. The lowest BCUT2D eigenvalue weighted by Crippen LogP contribution is -2.40. The number of benzene rings is 1. The van der Waals surface area contributed by atoms with E-state index in [1.807, 2.05) is 29.8 Å². The van der Waals surface area contributed by atoms with Gasteiger partial charge in [-0.3, -0.25) is 15.1 Å². The molecule has 2 aliphatic rings. The number of morpholine rings is 1. The van der Waals surface area contributed by atoms with Crippen LogP contribution in [0.4, 0.5) is 11.6 Å². The van der Waals surface area contributed by atoms with Crippen molar-refractivity contribution in [3.63, 3.8) is 0 Å². The minimum Gasteiger partial charge on any atom is -0.378 e. The highest BCUT2D eigenvalue weighted by atomic mass is 35.5. The zero-order chi connectivity index (χ0) is 24.4. The summed E-state index contributed by atoms with van der Waals surface area (Å²) in [7, 11) is 0. The van der Waals surface area contributed by atoms with E-state index in [2.05, 4.69) is 50.6 Å². The summed E-state index contributed by atoms with van der Waals surface area (Å²) in [5, 5.41) is 7.05. The fourth-order valence-corrected chi connectivity index (χ4v) is 5.09. The molecule has 2 atom stereocenters. The number of ether oxygens (including phenoxy) is 1. The summed E-state index contributed by atoms with van der Waals surface area (Å²) in [5.41, 5.74) is 3.80. The SMILES string of the molecule is Cc1ccc(Cn2ccnc2NC(=O)C2(C)CNCC2c2ccc(Cl)cn2)c(N2CCOCC2)c1. The van der Waals surface area contributed by atoms with Crippen LogP contribution >= 0.6 is 11.6 Å². The molecule has 8 nitrogen and oxygen atoms in total. The molecule has 35 heavy (non-hydrogen) atoms. The quantitative estimate of drug-likeness (QED) is 0.546. The Morgan fingerprint density at radius 1 is 1.26 bits per heavy atom. The van der Waals surface area contributed by atoms with Crippen LogP contribution in [-0.4, -0.2) is 59.8 Å². The minimum absolute atomic E-state index is 0.0619. The summed E-state index contributed by atoms with van der Waals surface area (Å²) in [6.07, 6.45) is 5.27. The highest BCUT2D eigenvalue weighted by molar-refractivity contribution is 6.30.